The molecule has 2 atom stereocenters. The van der Waals surface area contributed by atoms with Crippen molar-refractivity contribution in [2.45, 2.75) is 32.7 Å². The van der Waals surface area contributed by atoms with Crippen molar-refractivity contribution in [2.75, 3.05) is 24.5 Å². The minimum atomic E-state index is -0.810. The molecule has 2 aliphatic rings. The maximum absolute atomic E-state index is 11.4. The van der Waals surface area contributed by atoms with Crippen molar-refractivity contribution in [3.63, 3.8) is 0 Å². The first kappa shape index (κ1) is 14.2. The second-order valence-electron chi connectivity index (χ2n) is 7.19. The Bertz CT molecular complexity index is 540. The van der Waals surface area contributed by atoms with Crippen LogP contribution >= 0.6 is 0 Å². The van der Waals surface area contributed by atoms with E-state index in [1.54, 1.807) is 11.1 Å². The molecule has 114 valence electrons. The SMILES string of the molecule is CC(C)(C)[C@]12CN(C(=O)O)CC[C@@H]1CN2c1cccnc1. The van der Waals surface area contributed by atoms with Crippen LogP contribution in [0.15, 0.2) is 24.5 Å². The van der Waals surface area contributed by atoms with Crippen molar-refractivity contribution < 1.29 is 9.90 Å². The quantitative estimate of drug-likeness (QED) is 0.863. The van der Waals surface area contributed by atoms with Gasteiger partial charge in [0.15, 0.2) is 0 Å². The topological polar surface area (TPSA) is 56.7 Å². The Labute approximate surface area is 125 Å². The molecule has 3 rings (SSSR count). The largest absolute Gasteiger partial charge is 0.465 e. The number of nitrogens with zero attached hydrogens (tertiary/aromatic N) is 3. The molecule has 21 heavy (non-hydrogen) atoms. The number of carbonyl (C=O) groups is 1. The van der Waals surface area contributed by atoms with Gasteiger partial charge in [0.25, 0.3) is 0 Å². The maximum Gasteiger partial charge on any atom is 0.407 e. The molecule has 2 saturated heterocycles. The second-order valence-corrected chi connectivity index (χ2v) is 7.19. The Kier molecular flexibility index (Phi) is 3.11. The molecule has 1 aromatic heterocycles. The number of hydrogen-bond acceptors (Lipinski definition) is 3. The third-order valence-electron chi connectivity index (χ3n) is 5.27. The summed E-state index contributed by atoms with van der Waals surface area (Å²) in [6.45, 7) is 8.87. The molecule has 0 aromatic carbocycles. The van der Waals surface area contributed by atoms with Gasteiger partial charge in [-0.05, 0) is 24.0 Å². The fourth-order valence-corrected chi connectivity index (χ4v) is 4.14. The number of aromatic nitrogens is 1. The summed E-state index contributed by atoms with van der Waals surface area (Å²) in [6.07, 6.45) is 3.79. The lowest BCUT2D eigenvalue weighted by Gasteiger charge is -2.68. The van der Waals surface area contributed by atoms with Crippen molar-refractivity contribution in [3.05, 3.63) is 24.5 Å². The molecular weight excluding hydrogens is 266 g/mol. The van der Waals surface area contributed by atoms with Gasteiger partial charge in [-0.1, -0.05) is 20.8 Å². The number of carboxylic acid groups (broad SMARTS) is 1. The van der Waals surface area contributed by atoms with E-state index in [0.717, 1.165) is 18.7 Å². The summed E-state index contributed by atoms with van der Waals surface area (Å²) in [7, 11) is 0. The summed E-state index contributed by atoms with van der Waals surface area (Å²) < 4.78 is 0. The fraction of sp³-hybridized carbons (Fsp3) is 0.625. The number of pyridine rings is 1. The third kappa shape index (κ3) is 1.98. The van der Waals surface area contributed by atoms with E-state index in [-0.39, 0.29) is 11.0 Å². The molecular formula is C16H23N3O2. The number of anilines is 1. The number of fused-ring (bicyclic) bond motifs is 1. The lowest BCUT2D eigenvalue weighted by molar-refractivity contribution is -0.0311. The van der Waals surface area contributed by atoms with Crippen LogP contribution in [-0.2, 0) is 0 Å². The molecule has 1 N–H and O–H groups in total. The second kappa shape index (κ2) is 4.61. The lowest BCUT2D eigenvalue weighted by Crippen LogP contribution is -2.79. The van der Waals surface area contributed by atoms with E-state index in [9.17, 15) is 9.90 Å². The average molecular weight is 289 g/mol. The Morgan fingerprint density at radius 1 is 1.48 bits per heavy atom. The van der Waals surface area contributed by atoms with Gasteiger partial charge in [0.2, 0.25) is 0 Å². The monoisotopic (exact) mass is 289 g/mol. The first-order valence-electron chi connectivity index (χ1n) is 7.52. The van der Waals surface area contributed by atoms with Gasteiger partial charge in [-0.3, -0.25) is 4.98 Å². The zero-order valence-electron chi connectivity index (χ0n) is 12.9. The van der Waals surface area contributed by atoms with E-state index in [0.29, 0.717) is 19.0 Å². The molecule has 1 aromatic rings. The molecule has 2 aliphatic heterocycles. The number of amides is 1. The zero-order valence-corrected chi connectivity index (χ0v) is 12.9. The predicted molar refractivity (Wildman–Crippen MR) is 81.5 cm³/mol. The maximum atomic E-state index is 11.4. The molecule has 5 nitrogen and oxygen atoms in total. The Morgan fingerprint density at radius 2 is 2.24 bits per heavy atom. The number of hydrogen-bond donors (Lipinski definition) is 1. The summed E-state index contributed by atoms with van der Waals surface area (Å²) in [6, 6.07) is 4.01. The molecule has 0 aliphatic carbocycles. The molecule has 0 bridgehead atoms. The van der Waals surface area contributed by atoms with Crippen molar-refractivity contribution in [2.24, 2.45) is 11.3 Å². The summed E-state index contributed by atoms with van der Waals surface area (Å²) >= 11 is 0. The van der Waals surface area contributed by atoms with E-state index in [1.165, 1.54) is 0 Å². The molecule has 1 amide bonds. The Balaban J connectivity index is 1.99. The van der Waals surface area contributed by atoms with Gasteiger partial charge in [0.05, 0.1) is 17.4 Å². The van der Waals surface area contributed by atoms with E-state index in [1.807, 2.05) is 12.3 Å². The molecule has 5 heteroatoms. The van der Waals surface area contributed by atoms with Gasteiger partial charge in [-0.2, -0.15) is 0 Å². The number of piperidine rings is 1. The highest BCUT2D eigenvalue weighted by molar-refractivity contribution is 5.66. The zero-order chi connectivity index (χ0) is 15.3. The van der Waals surface area contributed by atoms with Crippen LogP contribution in [0.2, 0.25) is 0 Å². The van der Waals surface area contributed by atoms with Crippen LogP contribution < -0.4 is 4.90 Å². The first-order valence-corrected chi connectivity index (χ1v) is 7.52. The normalized spacial score (nSPS) is 28.8. The van der Waals surface area contributed by atoms with Crippen LogP contribution in [-0.4, -0.2) is 46.3 Å². The van der Waals surface area contributed by atoms with Crippen LogP contribution in [0, 0.1) is 11.3 Å². The van der Waals surface area contributed by atoms with E-state index >= 15 is 0 Å². The molecule has 0 radical (unpaired) electrons. The van der Waals surface area contributed by atoms with Crippen LogP contribution in [0.4, 0.5) is 10.5 Å². The number of rotatable bonds is 1. The van der Waals surface area contributed by atoms with Crippen molar-refractivity contribution >= 4 is 11.8 Å². The van der Waals surface area contributed by atoms with Crippen LogP contribution in [0.1, 0.15) is 27.2 Å². The van der Waals surface area contributed by atoms with Crippen molar-refractivity contribution in [3.8, 4) is 0 Å². The van der Waals surface area contributed by atoms with Crippen molar-refractivity contribution in [1.82, 2.24) is 9.88 Å². The first-order chi connectivity index (χ1) is 9.86. The standard InChI is InChI=1S/C16H23N3O2/c1-15(2,3)16-11-18(14(20)21)8-6-12(16)10-19(16)13-5-4-7-17-9-13/h4-5,7,9,12H,6,8,10-11H2,1-3H3,(H,20,21)/t12-,16+/m1/s1. The van der Waals surface area contributed by atoms with Crippen molar-refractivity contribution in [1.29, 1.82) is 0 Å². The van der Waals surface area contributed by atoms with E-state index in [4.69, 9.17) is 0 Å². The number of likely N-dealkylation sites (tertiary alicyclic amines) is 1. The summed E-state index contributed by atoms with van der Waals surface area (Å²) in [5.41, 5.74) is 0.961. The van der Waals surface area contributed by atoms with Crippen LogP contribution in [0.5, 0.6) is 0 Å². The molecule has 2 fully saturated rings. The van der Waals surface area contributed by atoms with Gasteiger partial charge in [-0.25, -0.2) is 4.79 Å². The fourth-order valence-electron chi connectivity index (χ4n) is 4.14. The van der Waals surface area contributed by atoms with Crippen LogP contribution in [0.3, 0.4) is 0 Å². The Hall–Kier alpha value is -1.78. The summed E-state index contributed by atoms with van der Waals surface area (Å²) in [5, 5.41) is 9.40. The van der Waals surface area contributed by atoms with Crippen LogP contribution in [0.25, 0.3) is 0 Å². The van der Waals surface area contributed by atoms with Gasteiger partial charge in [0, 0.05) is 31.7 Å². The lowest BCUT2D eigenvalue weighted by atomic mass is 9.57. The van der Waals surface area contributed by atoms with Gasteiger partial charge in [-0.15, -0.1) is 0 Å². The average Bonchev–Trinajstić information content (AvgIpc) is 2.39. The minimum absolute atomic E-state index is 0.000121. The molecule has 0 spiro atoms. The Morgan fingerprint density at radius 3 is 2.81 bits per heavy atom. The highest BCUT2D eigenvalue weighted by Crippen LogP contribution is 2.54. The van der Waals surface area contributed by atoms with Gasteiger partial charge in [0.1, 0.15) is 0 Å². The highest BCUT2D eigenvalue weighted by Gasteiger charge is 2.62. The smallest absolute Gasteiger partial charge is 0.407 e. The minimum Gasteiger partial charge on any atom is -0.465 e. The third-order valence-corrected chi connectivity index (χ3v) is 5.27. The predicted octanol–water partition coefficient (Wildman–Crippen LogP) is 2.69. The highest BCUT2D eigenvalue weighted by atomic mass is 16.4. The van der Waals surface area contributed by atoms with E-state index < -0.39 is 6.09 Å². The molecule has 3 heterocycles. The summed E-state index contributed by atoms with van der Waals surface area (Å²) in [4.78, 5) is 19.6. The van der Waals surface area contributed by atoms with Gasteiger partial charge >= 0.3 is 6.09 Å². The van der Waals surface area contributed by atoms with Gasteiger partial charge < -0.3 is 14.9 Å². The molecule has 0 unspecified atom stereocenters. The molecule has 0 saturated carbocycles. The van der Waals surface area contributed by atoms with E-state index in [2.05, 4.69) is 36.7 Å². The summed E-state index contributed by atoms with van der Waals surface area (Å²) in [5.74, 6) is 0.549.